The smallest absolute Gasteiger partial charge is 0.320 e. The summed E-state index contributed by atoms with van der Waals surface area (Å²) < 4.78 is 9.70. The number of hydrogen-bond donors (Lipinski definition) is 2. The van der Waals surface area contributed by atoms with Crippen LogP contribution in [0.15, 0.2) is 36.4 Å². The van der Waals surface area contributed by atoms with Crippen LogP contribution in [-0.4, -0.2) is 29.7 Å². The molecule has 0 saturated carbocycles. The van der Waals surface area contributed by atoms with Crippen LogP contribution < -0.4 is 10.6 Å². The van der Waals surface area contributed by atoms with E-state index in [0.717, 1.165) is 35.7 Å². The van der Waals surface area contributed by atoms with Gasteiger partial charge in [0.15, 0.2) is 0 Å². The van der Waals surface area contributed by atoms with Crippen LogP contribution in [0.2, 0.25) is 0 Å². The lowest BCUT2D eigenvalue weighted by molar-refractivity contribution is 0.0739. The molecule has 1 aliphatic heterocycles. The molecule has 1 saturated heterocycles. The van der Waals surface area contributed by atoms with Crippen LogP contribution in [0.5, 0.6) is 0 Å². The Morgan fingerprint density at radius 2 is 2.19 bits per heavy atom. The van der Waals surface area contributed by atoms with E-state index in [1.807, 2.05) is 36.4 Å². The Labute approximate surface area is 127 Å². The van der Waals surface area contributed by atoms with Crippen LogP contribution in [0.1, 0.15) is 12.8 Å². The molecule has 1 aromatic heterocycles. The molecule has 110 valence electrons. The summed E-state index contributed by atoms with van der Waals surface area (Å²) in [4.78, 5) is 11.9. The van der Waals surface area contributed by atoms with Crippen molar-refractivity contribution in [1.29, 1.82) is 0 Å². The monoisotopic (exact) mass is 303 g/mol. The quantitative estimate of drug-likeness (QED) is 0.915. The molecule has 1 aromatic carbocycles. The maximum atomic E-state index is 11.9. The van der Waals surface area contributed by atoms with Gasteiger partial charge >= 0.3 is 6.03 Å². The molecule has 1 fully saturated rings. The van der Waals surface area contributed by atoms with Gasteiger partial charge in [0.1, 0.15) is 5.00 Å². The molecular weight excluding hydrogens is 286 g/mol. The lowest BCUT2D eigenvalue weighted by Crippen LogP contribution is -2.42. The van der Waals surface area contributed by atoms with E-state index in [4.69, 9.17) is 4.74 Å². The van der Waals surface area contributed by atoms with E-state index in [1.165, 1.54) is 11.5 Å². The fraction of sp³-hybridized carbons (Fsp3) is 0.333. The molecule has 2 N–H and O–H groups in total. The van der Waals surface area contributed by atoms with E-state index in [9.17, 15) is 4.79 Å². The zero-order chi connectivity index (χ0) is 14.5. The average molecular weight is 303 g/mol. The number of rotatable bonds is 3. The molecule has 3 rings (SSSR count). The SMILES string of the molecule is O=C(Nc1cc(-c2ccccc2)ns1)N[C@H]1CCCOC1. The van der Waals surface area contributed by atoms with Gasteiger partial charge in [0, 0.05) is 18.2 Å². The van der Waals surface area contributed by atoms with E-state index in [2.05, 4.69) is 15.0 Å². The van der Waals surface area contributed by atoms with Crippen molar-refractivity contribution in [3.63, 3.8) is 0 Å². The number of hydrogen-bond acceptors (Lipinski definition) is 4. The summed E-state index contributed by atoms with van der Waals surface area (Å²) in [5.74, 6) is 0. The number of urea groups is 1. The molecule has 0 radical (unpaired) electrons. The Morgan fingerprint density at radius 1 is 1.33 bits per heavy atom. The van der Waals surface area contributed by atoms with Crippen LogP contribution in [0.3, 0.4) is 0 Å². The summed E-state index contributed by atoms with van der Waals surface area (Å²) in [5.41, 5.74) is 1.92. The zero-order valence-corrected chi connectivity index (χ0v) is 12.4. The Kier molecular flexibility index (Phi) is 4.47. The van der Waals surface area contributed by atoms with E-state index >= 15 is 0 Å². The van der Waals surface area contributed by atoms with Gasteiger partial charge in [-0.25, -0.2) is 4.79 Å². The molecule has 1 aliphatic rings. The first kappa shape index (κ1) is 14.0. The Morgan fingerprint density at radius 3 is 2.95 bits per heavy atom. The number of anilines is 1. The second-order valence-corrected chi connectivity index (χ2v) is 5.76. The van der Waals surface area contributed by atoms with Gasteiger partial charge in [-0.15, -0.1) is 0 Å². The number of ether oxygens (including phenoxy) is 1. The number of amides is 2. The first-order valence-corrected chi connectivity index (χ1v) is 7.76. The zero-order valence-electron chi connectivity index (χ0n) is 11.5. The van der Waals surface area contributed by atoms with E-state index in [0.29, 0.717) is 6.61 Å². The number of nitrogens with one attached hydrogen (secondary N) is 2. The third-order valence-corrected chi connectivity index (χ3v) is 4.02. The van der Waals surface area contributed by atoms with Gasteiger partial charge in [0.2, 0.25) is 0 Å². The molecule has 0 unspecified atom stereocenters. The predicted molar refractivity (Wildman–Crippen MR) is 83.5 cm³/mol. The van der Waals surface area contributed by atoms with Crippen molar-refractivity contribution in [3.05, 3.63) is 36.4 Å². The maximum absolute atomic E-state index is 11.9. The summed E-state index contributed by atoms with van der Waals surface area (Å²) in [6, 6.07) is 11.7. The largest absolute Gasteiger partial charge is 0.379 e. The summed E-state index contributed by atoms with van der Waals surface area (Å²) in [5, 5.41) is 6.49. The highest BCUT2D eigenvalue weighted by molar-refractivity contribution is 7.10. The fourth-order valence-electron chi connectivity index (χ4n) is 2.27. The van der Waals surface area contributed by atoms with E-state index < -0.39 is 0 Å². The van der Waals surface area contributed by atoms with Gasteiger partial charge < -0.3 is 10.1 Å². The lowest BCUT2D eigenvalue weighted by Gasteiger charge is -2.22. The Balaban J connectivity index is 1.58. The van der Waals surface area contributed by atoms with E-state index in [1.54, 1.807) is 0 Å². The standard InChI is InChI=1S/C15H17N3O2S/c19-15(16-12-7-4-8-20-10-12)17-14-9-13(18-21-14)11-5-2-1-3-6-11/h1-3,5-6,9,12H,4,7-8,10H2,(H2,16,17,19)/t12-/m0/s1. The molecular formula is C15H17N3O2S. The number of nitrogens with zero attached hydrogens (tertiary/aromatic N) is 1. The highest BCUT2D eigenvalue weighted by Crippen LogP contribution is 2.25. The summed E-state index contributed by atoms with van der Waals surface area (Å²) >= 11 is 1.28. The second kappa shape index (κ2) is 6.69. The van der Waals surface area contributed by atoms with Crippen LogP contribution in [0.25, 0.3) is 11.3 Å². The number of carbonyl (C=O) groups is 1. The maximum Gasteiger partial charge on any atom is 0.320 e. The van der Waals surface area contributed by atoms with Crippen molar-refractivity contribution in [3.8, 4) is 11.3 Å². The van der Waals surface area contributed by atoms with Crippen LogP contribution in [-0.2, 0) is 4.74 Å². The van der Waals surface area contributed by atoms with Crippen molar-refractivity contribution in [2.45, 2.75) is 18.9 Å². The molecule has 2 aromatic rings. The fourth-order valence-corrected chi connectivity index (χ4v) is 2.92. The molecule has 0 aliphatic carbocycles. The Hall–Kier alpha value is -1.92. The van der Waals surface area contributed by atoms with Gasteiger partial charge in [-0.1, -0.05) is 30.3 Å². The molecule has 2 heterocycles. The van der Waals surface area contributed by atoms with Crippen LogP contribution >= 0.6 is 11.5 Å². The van der Waals surface area contributed by atoms with Gasteiger partial charge in [-0.2, -0.15) is 4.37 Å². The van der Waals surface area contributed by atoms with Gasteiger partial charge in [0.25, 0.3) is 0 Å². The van der Waals surface area contributed by atoms with Crippen molar-refractivity contribution in [2.24, 2.45) is 0 Å². The van der Waals surface area contributed by atoms with Gasteiger partial charge in [-0.3, -0.25) is 5.32 Å². The molecule has 0 bridgehead atoms. The molecule has 2 amide bonds. The van der Waals surface area contributed by atoms with E-state index in [-0.39, 0.29) is 12.1 Å². The minimum atomic E-state index is -0.200. The number of aromatic nitrogens is 1. The van der Waals surface area contributed by atoms with Crippen molar-refractivity contribution in [1.82, 2.24) is 9.69 Å². The Bertz CT molecular complexity index is 594. The highest BCUT2D eigenvalue weighted by Gasteiger charge is 2.16. The van der Waals surface area contributed by atoms with Gasteiger partial charge in [-0.05, 0) is 24.4 Å². The minimum absolute atomic E-state index is 0.0975. The van der Waals surface area contributed by atoms with Crippen LogP contribution in [0, 0.1) is 0 Å². The molecule has 1 atom stereocenters. The van der Waals surface area contributed by atoms with Crippen molar-refractivity contribution in [2.75, 3.05) is 18.5 Å². The topological polar surface area (TPSA) is 63.2 Å². The van der Waals surface area contributed by atoms with Crippen molar-refractivity contribution < 1.29 is 9.53 Å². The molecule has 21 heavy (non-hydrogen) atoms. The number of carbonyl (C=O) groups excluding carboxylic acids is 1. The van der Waals surface area contributed by atoms with Crippen LogP contribution in [0.4, 0.5) is 9.80 Å². The normalized spacial score (nSPS) is 18.2. The minimum Gasteiger partial charge on any atom is -0.379 e. The average Bonchev–Trinajstić information content (AvgIpc) is 2.97. The highest BCUT2D eigenvalue weighted by atomic mass is 32.1. The predicted octanol–water partition coefficient (Wildman–Crippen LogP) is 3.11. The number of benzene rings is 1. The first-order chi connectivity index (χ1) is 10.3. The first-order valence-electron chi connectivity index (χ1n) is 6.98. The lowest BCUT2D eigenvalue weighted by atomic mass is 10.1. The molecule has 0 spiro atoms. The van der Waals surface area contributed by atoms with Gasteiger partial charge in [0.05, 0.1) is 18.3 Å². The summed E-state index contributed by atoms with van der Waals surface area (Å²) in [6.07, 6.45) is 1.95. The van der Waals surface area contributed by atoms with Crippen molar-refractivity contribution >= 4 is 22.6 Å². The molecule has 6 heteroatoms. The third-order valence-electron chi connectivity index (χ3n) is 3.31. The summed E-state index contributed by atoms with van der Waals surface area (Å²) in [6.45, 7) is 1.38. The summed E-state index contributed by atoms with van der Waals surface area (Å²) in [7, 11) is 0. The second-order valence-electron chi connectivity index (χ2n) is 4.95. The molecule has 5 nitrogen and oxygen atoms in total. The third kappa shape index (κ3) is 3.80.